The zero-order valence-corrected chi connectivity index (χ0v) is 9.59. The van der Waals surface area contributed by atoms with E-state index in [2.05, 4.69) is 4.98 Å². The van der Waals surface area contributed by atoms with Gasteiger partial charge in [0.15, 0.2) is 0 Å². The van der Waals surface area contributed by atoms with Gasteiger partial charge in [-0.05, 0) is 25.5 Å². The summed E-state index contributed by atoms with van der Waals surface area (Å²) in [7, 11) is 0. The van der Waals surface area contributed by atoms with Crippen molar-refractivity contribution in [2.75, 3.05) is 0 Å². The summed E-state index contributed by atoms with van der Waals surface area (Å²) in [5, 5.41) is 0. The molecule has 0 bridgehead atoms. The summed E-state index contributed by atoms with van der Waals surface area (Å²) in [6.45, 7) is 3.61. The van der Waals surface area contributed by atoms with Crippen molar-refractivity contribution < 1.29 is 35.8 Å². The fourth-order valence-electron chi connectivity index (χ4n) is 1.07. The second-order valence-corrected chi connectivity index (χ2v) is 2.45. The third kappa shape index (κ3) is 2.30. The molecule has 1 aromatic rings. The average molecular weight is 174 g/mol. The van der Waals surface area contributed by atoms with Gasteiger partial charge in [0.1, 0.15) is 0 Å². The number of aryl methyl sites for hydroxylation is 2. The molecule has 0 spiro atoms. The molecular formula is C8H11N2NaO. The second-order valence-electron chi connectivity index (χ2n) is 2.45. The van der Waals surface area contributed by atoms with E-state index in [1.807, 2.05) is 6.92 Å². The summed E-state index contributed by atoms with van der Waals surface area (Å²) in [6, 6.07) is 1.77. The number of nitrogens with two attached hydrogens (primary N) is 1. The molecule has 1 aromatic heterocycles. The van der Waals surface area contributed by atoms with Gasteiger partial charge in [0, 0.05) is 6.20 Å². The average Bonchev–Trinajstić information content (AvgIpc) is 1.85. The second kappa shape index (κ2) is 4.60. The molecule has 3 nitrogen and oxygen atoms in total. The van der Waals surface area contributed by atoms with Crippen molar-refractivity contribution in [1.82, 2.24) is 4.98 Å². The first-order valence-electron chi connectivity index (χ1n) is 3.35. The van der Waals surface area contributed by atoms with Crippen molar-refractivity contribution in [1.29, 1.82) is 0 Å². The van der Waals surface area contributed by atoms with Gasteiger partial charge in [-0.25, -0.2) is 0 Å². The zero-order chi connectivity index (χ0) is 8.43. The van der Waals surface area contributed by atoms with Gasteiger partial charge in [-0.1, -0.05) is 0 Å². The molecule has 2 N–H and O–H groups in total. The quantitative estimate of drug-likeness (QED) is 0.496. The van der Waals surface area contributed by atoms with Gasteiger partial charge in [0.05, 0.1) is 11.3 Å². The van der Waals surface area contributed by atoms with Crippen LogP contribution < -0.4 is 35.3 Å². The van der Waals surface area contributed by atoms with Crippen LogP contribution in [0.3, 0.4) is 0 Å². The smallest absolute Gasteiger partial charge is 1.00 e. The number of rotatable bonds is 1. The summed E-state index contributed by atoms with van der Waals surface area (Å²) >= 11 is 0. The van der Waals surface area contributed by atoms with Gasteiger partial charge in [0.2, 0.25) is 0 Å². The van der Waals surface area contributed by atoms with Gasteiger partial charge in [0.25, 0.3) is 5.91 Å². The van der Waals surface area contributed by atoms with E-state index in [1.165, 1.54) is 0 Å². The molecule has 0 aliphatic heterocycles. The number of nitrogens with zero attached hydrogens (tertiary/aromatic N) is 1. The summed E-state index contributed by atoms with van der Waals surface area (Å²) in [4.78, 5) is 14.8. The minimum Gasteiger partial charge on any atom is -1.00 e. The maximum atomic E-state index is 10.8. The van der Waals surface area contributed by atoms with Crippen molar-refractivity contribution >= 4 is 5.91 Å². The van der Waals surface area contributed by atoms with Crippen LogP contribution in [-0.4, -0.2) is 10.9 Å². The molecule has 1 heterocycles. The Morgan fingerprint density at radius 1 is 1.58 bits per heavy atom. The van der Waals surface area contributed by atoms with Crippen LogP contribution in [0.2, 0.25) is 0 Å². The summed E-state index contributed by atoms with van der Waals surface area (Å²) in [6.07, 6.45) is 1.66. The van der Waals surface area contributed by atoms with Crippen LogP contribution in [0.25, 0.3) is 0 Å². The molecule has 0 saturated heterocycles. The first-order valence-corrected chi connectivity index (χ1v) is 3.35. The van der Waals surface area contributed by atoms with E-state index in [0.717, 1.165) is 5.56 Å². The molecule has 1 amide bonds. The molecular weight excluding hydrogens is 163 g/mol. The molecule has 0 saturated carbocycles. The van der Waals surface area contributed by atoms with Gasteiger partial charge >= 0.3 is 29.6 Å². The maximum Gasteiger partial charge on any atom is 1.00 e. The van der Waals surface area contributed by atoms with Crippen molar-refractivity contribution in [3.05, 3.63) is 29.1 Å². The minimum atomic E-state index is -0.409. The van der Waals surface area contributed by atoms with Crippen molar-refractivity contribution in [3.8, 4) is 0 Å². The molecule has 60 valence electrons. The first-order chi connectivity index (χ1) is 5.13. The first kappa shape index (κ1) is 11.6. The predicted octanol–water partition coefficient (Wildman–Crippen LogP) is -2.09. The van der Waals surface area contributed by atoms with Crippen LogP contribution in [0.1, 0.15) is 23.0 Å². The summed E-state index contributed by atoms with van der Waals surface area (Å²) < 4.78 is 0. The Morgan fingerprint density at radius 2 is 2.17 bits per heavy atom. The van der Waals surface area contributed by atoms with Crippen LogP contribution in [-0.2, 0) is 0 Å². The Morgan fingerprint density at radius 3 is 2.50 bits per heavy atom. The van der Waals surface area contributed by atoms with Gasteiger partial charge in [-0.15, -0.1) is 0 Å². The van der Waals surface area contributed by atoms with E-state index < -0.39 is 5.91 Å². The Balaban J connectivity index is 0. The standard InChI is InChI=1S/C8H10N2O.Na.H/c1-5-3-4-10-6(2)7(5)8(9)11;;/h3-4H,1-2H3,(H2,9,11);;/q;+1;-1. The molecule has 0 aromatic carbocycles. The van der Waals surface area contributed by atoms with Crippen LogP contribution in [0, 0.1) is 13.8 Å². The molecule has 0 unspecified atom stereocenters. The van der Waals surface area contributed by atoms with E-state index in [4.69, 9.17) is 5.73 Å². The number of amides is 1. The van der Waals surface area contributed by atoms with Crippen LogP contribution in [0.4, 0.5) is 0 Å². The number of carbonyl (C=O) groups is 1. The molecule has 1 rings (SSSR count). The third-order valence-electron chi connectivity index (χ3n) is 1.60. The van der Waals surface area contributed by atoms with Gasteiger partial charge in [-0.3, -0.25) is 9.78 Å². The fourth-order valence-corrected chi connectivity index (χ4v) is 1.07. The van der Waals surface area contributed by atoms with Gasteiger partial charge in [-0.2, -0.15) is 0 Å². The predicted molar refractivity (Wildman–Crippen MR) is 43.3 cm³/mol. The minimum absolute atomic E-state index is 0. The molecule has 12 heavy (non-hydrogen) atoms. The van der Waals surface area contributed by atoms with Crippen molar-refractivity contribution in [2.24, 2.45) is 5.73 Å². The van der Waals surface area contributed by atoms with Crippen LogP contribution in [0.15, 0.2) is 12.3 Å². The van der Waals surface area contributed by atoms with Crippen molar-refractivity contribution in [3.63, 3.8) is 0 Å². The number of pyridine rings is 1. The number of carbonyl (C=O) groups excluding carboxylic acids is 1. The number of aromatic nitrogens is 1. The van der Waals surface area contributed by atoms with E-state index in [9.17, 15) is 4.79 Å². The Labute approximate surface area is 95.1 Å². The van der Waals surface area contributed by atoms with Crippen LogP contribution in [0.5, 0.6) is 0 Å². The molecule has 0 aliphatic rings. The maximum absolute atomic E-state index is 10.8. The monoisotopic (exact) mass is 174 g/mol. The van der Waals surface area contributed by atoms with Gasteiger partial charge < -0.3 is 7.16 Å². The number of hydrogen-bond donors (Lipinski definition) is 1. The zero-order valence-electron chi connectivity index (χ0n) is 8.59. The van der Waals surface area contributed by atoms with Crippen LogP contribution >= 0.6 is 0 Å². The topological polar surface area (TPSA) is 56.0 Å². The normalized spacial score (nSPS) is 8.83. The summed E-state index contributed by atoms with van der Waals surface area (Å²) in [5.74, 6) is -0.409. The van der Waals surface area contributed by atoms with E-state index in [0.29, 0.717) is 11.3 Å². The SMILES string of the molecule is Cc1ccnc(C)c1C(N)=O.[H-].[Na+]. The summed E-state index contributed by atoms with van der Waals surface area (Å²) in [5.41, 5.74) is 7.24. The Kier molecular flexibility index (Phi) is 4.45. The largest absolute Gasteiger partial charge is 1.00 e. The fraction of sp³-hybridized carbons (Fsp3) is 0.250. The van der Waals surface area contributed by atoms with E-state index in [-0.39, 0.29) is 31.0 Å². The van der Waals surface area contributed by atoms with E-state index in [1.54, 1.807) is 19.2 Å². The van der Waals surface area contributed by atoms with Crippen molar-refractivity contribution in [2.45, 2.75) is 13.8 Å². The molecule has 0 radical (unpaired) electrons. The Bertz CT molecular complexity index is 284. The molecule has 0 fully saturated rings. The Hall–Kier alpha value is -0.380. The molecule has 0 aliphatic carbocycles. The molecule has 4 heteroatoms. The van der Waals surface area contributed by atoms with E-state index >= 15 is 0 Å². The number of primary amides is 1. The molecule has 0 atom stereocenters. The number of hydrogen-bond acceptors (Lipinski definition) is 2. The third-order valence-corrected chi connectivity index (χ3v) is 1.60.